The summed E-state index contributed by atoms with van der Waals surface area (Å²) < 4.78 is 0. The van der Waals surface area contributed by atoms with Crippen molar-refractivity contribution in [3.8, 4) is 0 Å². The number of carboxylic acid groups (broad SMARTS) is 1. The SMILES string of the molecule is CC1(c2csc(N3C(=O)C(CC(=O)O)C(c4ccccc4)C=CC3CO)n2)C=CC=CC1Cl. The van der Waals surface area contributed by atoms with Crippen LogP contribution < -0.4 is 4.90 Å². The molecule has 0 saturated carbocycles. The molecule has 2 heterocycles. The zero-order valence-corrected chi connectivity index (χ0v) is 19.6. The number of aliphatic hydroxyl groups is 1. The molecule has 0 spiro atoms. The summed E-state index contributed by atoms with van der Waals surface area (Å²) in [5.74, 6) is -2.69. The summed E-state index contributed by atoms with van der Waals surface area (Å²) >= 11 is 7.85. The average molecular weight is 485 g/mol. The van der Waals surface area contributed by atoms with E-state index < -0.39 is 29.3 Å². The molecule has 8 heteroatoms. The lowest BCUT2D eigenvalue weighted by atomic mass is 9.81. The molecule has 2 N–H and O–H groups in total. The minimum absolute atomic E-state index is 0.298. The van der Waals surface area contributed by atoms with Crippen LogP contribution in [0.25, 0.3) is 0 Å². The van der Waals surface area contributed by atoms with Gasteiger partial charge in [0.25, 0.3) is 0 Å². The molecule has 1 aliphatic carbocycles. The van der Waals surface area contributed by atoms with Crippen molar-refractivity contribution in [2.24, 2.45) is 5.92 Å². The Labute approximate surface area is 201 Å². The molecule has 1 aromatic carbocycles. The number of carboxylic acids is 1. The number of rotatable bonds is 6. The number of aliphatic carboxylic acids is 1. The maximum atomic E-state index is 13.8. The van der Waals surface area contributed by atoms with Crippen molar-refractivity contribution in [1.29, 1.82) is 0 Å². The monoisotopic (exact) mass is 484 g/mol. The van der Waals surface area contributed by atoms with Crippen LogP contribution in [0.15, 0.2) is 72.2 Å². The van der Waals surface area contributed by atoms with E-state index in [0.29, 0.717) is 5.13 Å². The van der Waals surface area contributed by atoms with Crippen molar-refractivity contribution in [1.82, 2.24) is 4.98 Å². The van der Waals surface area contributed by atoms with Crippen molar-refractivity contribution in [2.45, 2.75) is 36.1 Å². The molecule has 1 amide bonds. The fourth-order valence-electron chi connectivity index (χ4n) is 4.32. The number of benzene rings is 1. The molecule has 5 unspecified atom stereocenters. The van der Waals surface area contributed by atoms with Gasteiger partial charge < -0.3 is 10.2 Å². The van der Waals surface area contributed by atoms with E-state index in [2.05, 4.69) is 0 Å². The van der Waals surface area contributed by atoms with Crippen LogP contribution in [0, 0.1) is 5.92 Å². The van der Waals surface area contributed by atoms with Gasteiger partial charge in [-0.1, -0.05) is 66.8 Å². The van der Waals surface area contributed by atoms with Gasteiger partial charge >= 0.3 is 5.97 Å². The number of halogens is 1. The highest BCUT2D eigenvalue weighted by molar-refractivity contribution is 7.14. The Morgan fingerprint density at radius 3 is 2.64 bits per heavy atom. The Balaban J connectivity index is 1.74. The molecule has 4 rings (SSSR count). The van der Waals surface area contributed by atoms with E-state index in [1.165, 1.54) is 16.2 Å². The van der Waals surface area contributed by atoms with E-state index in [4.69, 9.17) is 16.6 Å². The van der Waals surface area contributed by atoms with Gasteiger partial charge in [-0.05, 0) is 12.5 Å². The van der Waals surface area contributed by atoms with Gasteiger partial charge in [-0.25, -0.2) is 4.98 Å². The largest absolute Gasteiger partial charge is 0.481 e. The van der Waals surface area contributed by atoms with Crippen LogP contribution in [-0.4, -0.2) is 45.1 Å². The molecule has 172 valence electrons. The number of carbonyl (C=O) groups excluding carboxylic acids is 1. The first-order chi connectivity index (χ1) is 15.8. The molecule has 0 bridgehead atoms. The molecule has 6 nitrogen and oxygen atoms in total. The number of thiazole rings is 1. The summed E-state index contributed by atoms with van der Waals surface area (Å²) in [5.41, 5.74) is 1.02. The minimum Gasteiger partial charge on any atom is -0.481 e. The number of aliphatic hydroxyl groups excluding tert-OH is 1. The normalized spacial score (nSPS) is 29.3. The van der Waals surface area contributed by atoms with E-state index in [-0.39, 0.29) is 24.3 Å². The van der Waals surface area contributed by atoms with Gasteiger partial charge in [0.05, 0.1) is 36.1 Å². The van der Waals surface area contributed by atoms with Crippen LogP contribution in [0.2, 0.25) is 0 Å². The number of hydrogen-bond acceptors (Lipinski definition) is 5. The molecule has 2 aromatic rings. The molecule has 2 aliphatic rings. The Bertz CT molecular complexity index is 1110. The van der Waals surface area contributed by atoms with Crippen molar-refractivity contribution < 1.29 is 19.8 Å². The highest BCUT2D eigenvalue weighted by atomic mass is 35.5. The van der Waals surface area contributed by atoms with E-state index >= 15 is 0 Å². The highest BCUT2D eigenvalue weighted by Crippen LogP contribution is 2.40. The molecule has 1 aromatic heterocycles. The number of amides is 1. The van der Waals surface area contributed by atoms with Gasteiger partial charge in [0, 0.05) is 16.7 Å². The lowest BCUT2D eigenvalue weighted by Crippen LogP contribution is -2.45. The Hall–Kier alpha value is -2.74. The molecule has 0 radical (unpaired) electrons. The van der Waals surface area contributed by atoms with E-state index in [0.717, 1.165) is 11.3 Å². The van der Waals surface area contributed by atoms with Gasteiger partial charge in [0.1, 0.15) is 0 Å². The van der Waals surface area contributed by atoms with Gasteiger partial charge in [0.15, 0.2) is 5.13 Å². The van der Waals surface area contributed by atoms with Gasteiger partial charge in [-0.15, -0.1) is 22.9 Å². The quantitative estimate of drug-likeness (QED) is 0.472. The number of alkyl halides is 1. The summed E-state index contributed by atoms with van der Waals surface area (Å²) in [6, 6.07) is 8.71. The molecular formula is C25H25ClN2O4S. The third kappa shape index (κ3) is 4.53. The number of hydrogen-bond donors (Lipinski definition) is 2. The Kier molecular flexibility index (Phi) is 6.83. The standard InChI is InChI=1S/C25H25ClN2O4S/c1-25(12-6-5-9-20(25)26)21-15-33-24(27-21)28-17(14-29)10-11-18(16-7-3-2-4-8-16)19(23(28)32)13-22(30)31/h2-12,15,17-20,29H,13-14H2,1H3,(H,30,31). The first kappa shape index (κ1) is 23.4. The zero-order valence-electron chi connectivity index (χ0n) is 18.0. The lowest BCUT2D eigenvalue weighted by molar-refractivity contribution is -0.140. The fourth-order valence-corrected chi connectivity index (χ4v) is 5.60. The van der Waals surface area contributed by atoms with Crippen LogP contribution in [0.3, 0.4) is 0 Å². The molecule has 0 fully saturated rings. The van der Waals surface area contributed by atoms with Crippen LogP contribution in [0.4, 0.5) is 5.13 Å². The number of anilines is 1. The molecular weight excluding hydrogens is 460 g/mol. The number of carbonyl (C=O) groups is 2. The van der Waals surface area contributed by atoms with Crippen molar-refractivity contribution in [3.05, 3.63) is 83.4 Å². The number of nitrogens with zero attached hydrogens (tertiary/aromatic N) is 2. The predicted octanol–water partition coefficient (Wildman–Crippen LogP) is 4.27. The first-order valence-corrected chi connectivity index (χ1v) is 12.0. The first-order valence-electron chi connectivity index (χ1n) is 10.7. The molecule has 5 atom stereocenters. The second kappa shape index (κ2) is 9.63. The molecule has 0 saturated heterocycles. The van der Waals surface area contributed by atoms with Crippen LogP contribution in [0.5, 0.6) is 0 Å². The topological polar surface area (TPSA) is 90.7 Å². The summed E-state index contributed by atoms with van der Waals surface area (Å²) in [6.07, 6.45) is 11.0. The van der Waals surface area contributed by atoms with E-state index in [1.54, 1.807) is 6.08 Å². The summed E-state index contributed by atoms with van der Waals surface area (Å²) in [5, 5.41) is 21.7. The van der Waals surface area contributed by atoms with Crippen molar-refractivity contribution in [2.75, 3.05) is 11.5 Å². The summed E-state index contributed by atoms with van der Waals surface area (Å²) in [6.45, 7) is 1.67. The smallest absolute Gasteiger partial charge is 0.304 e. The number of aromatic nitrogens is 1. The third-order valence-electron chi connectivity index (χ3n) is 6.28. The van der Waals surface area contributed by atoms with Gasteiger partial charge in [-0.2, -0.15) is 0 Å². The summed E-state index contributed by atoms with van der Waals surface area (Å²) in [7, 11) is 0. The second-order valence-corrected chi connectivity index (χ2v) is 9.73. The van der Waals surface area contributed by atoms with Crippen molar-refractivity contribution in [3.63, 3.8) is 0 Å². The van der Waals surface area contributed by atoms with Crippen molar-refractivity contribution >= 4 is 39.9 Å². The average Bonchev–Trinajstić information content (AvgIpc) is 3.25. The lowest BCUT2D eigenvalue weighted by Gasteiger charge is -2.31. The molecule has 33 heavy (non-hydrogen) atoms. The third-order valence-corrected chi connectivity index (χ3v) is 7.72. The van der Waals surface area contributed by atoms with Crippen LogP contribution >= 0.6 is 22.9 Å². The van der Waals surface area contributed by atoms with E-state index in [1.807, 2.05) is 73.0 Å². The van der Waals surface area contributed by atoms with Crippen LogP contribution in [0.1, 0.15) is 30.5 Å². The molecule has 1 aliphatic heterocycles. The maximum Gasteiger partial charge on any atom is 0.304 e. The number of allylic oxidation sites excluding steroid dienone is 5. The predicted molar refractivity (Wildman–Crippen MR) is 130 cm³/mol. The van der Waals surface area contributed by atoms with E-state index in [9.17, 15) is 19.8 Å². The second-order valence-electron chi connectivity index (χ2n) is 8.43. The van der Waals surface area contributed by atoms with Gasteiger partial charge in [-0.3, -0.25) is 14.5 Å². The Morgan fingerprint density at radius 2 is 1.97 bits per heavy atom. The highest BCUT2D eigenvalue weighted by Gasteiger charge is 2.41. The summed E-state index contributed by atoms with van der Waals surface area (Å²) in [4.78, 5) is 31.7. The van der Waals surface area contributed by atoms with Gasteiger partial charge in [0.2, 0.25) is 5.91 Å². The zero-order chi connectivity index (χ0) is 23.6. The Morgan fingerprint density at radius 1 is 1.21 bits per heavy atom. The fraction of sp³-hybridized carbons (Fsp3) is 0.320. The minimum atomic E-state index is -1.05. The maximum absolute atomic E-state index is 13.8. The van der Waals surface area contributed by atoms with Crippen LogP contribution in [-0.2, 0) is 15.0 Å².